The van der Waals surface area contributed by atoms with E-state index in [1.54, 1.807) is 0 Å². The summed E-state index contributed by atoms with van der Waals surface area (Å²) in [6, 6.07) is -0.771. The molecule has 0 aliphatic rings. The Kier molecular flexibility index (Phi) is 16.8. The number of hydrogen-bond acceptors (Lipinski definition) is 10. The normalized spacial score (nSPS) is 12.5. The molecule has 0 aromatic carbocycles. The number of carbonyl (C=O) groups excluding carboxylic acids is 4. The molecule has 12 heteroatoms. The van der Waals surface area contributed by atoms with Crippen molar-refractivity contribution in [2.24, 2.45) is 5.73 Å². The van der Waals surface area contributed by atoms with Gasteiger partial charge < -0.3 is 35.3 Å². The zero-order valence-corrected chi connectivity index (χ0v) is 18.6. The molecular formula is C18H33N3O8S. The van der Waals surface area contributed by atoms with Crippen molar-refractivity contribution in [3.63, 3.8) is 0 Å². The predicted octanol–water partition coefficient (Wildman–Crippen LogP) is -1.17. The predicted molar refractivity (Wildman–Crippen MR) is 111 cm³/mol. The van der Waals surface area contributed by atoms with E-state index in [-0.39, 0.29) is 30.7 Å². The van der Waals surface area contributed by atoms with Crippen molar-refractivity contribution in [3.8, 4) is 0 Å². The number of esters is 2. The monoisotopic (exact) mass is 451 g/mol. The number of hydrogen-bond donors (Lipinski definition) is 3. The standard InChI is InChI=1S/C18H33N3O8S/c1-13(22)21-17(18(25)20-5-7-27-9-8-26-6-4-19)12-30-11-16(29-15(3)24)10-28-14(2)23/h16-17H,4-12,19H2,1-3H3,(H,20,25)(H,21,22)/t16?,17-/m0/s1. The molecule has 4 N–H and O–H groups in total. The van der Waals surface area contributed by atoms with Gasteiger partial charge in [-0.15, -0.1) is 0 Å². The van der Waals surface area contributed by atoms with E-state index < -0.39 is 24.1 Å². The molecule has 30 heavy (non-hydrogen) atoms. The Morgan fingerprint density at radius 1 is 0.933 bits per heavy atom. The molecule has 0 aliphatic heterocycles. The van der Waals surface area contributed by atoms with Gasteiger partial charge >= 0.3 is 11.9 Å². The summed E-state index contributed by atoms with van der Waals surface area (Å²) >= 11 is 1.29. The summed E-state index contributed by atoms with van der Waals surface area (Å²) in [6.45, 7) is 6.06. The first kappa shape index (κ1) is 28.1. The highest BCUT2D eigenvalue weighted by molar-refractivity contribution is 7.99. The van der Waals surface area contributed by atoms with Crippen LogP contribution < -0.4 is 16.4 Å². The summed E-state index contributed by atoms with van der Waals surface area (Å²) in [5.74, 6) is -1.15. The minimum atomic E-state index is -0.771. The summed E-state index contributed by atoms with van der Waals surface area (Å²) < 4.78 is 20.5. The van der Waals surface area contributed by atoms with Crippen LogP contribution in [-0.4, -0.2) is 93.5 Å². The Morgan fingerprint density at radius 2 is 1.60 bits per heavy atom. The number of carbonyl (C=O) groups is 4. The van der Waals surface area contributed by atoms with Crippen LogP contribution in [0.2, 0.25) is 0 Å². The van der Waals surface area contributed by atoms with Gasteiger partial charge in [0.05, 0.1) is 26.4 Å². The highest BCUT2D eigenvalue weighted by Crippen LogP contribution is 2.10. The fourth-order valence-corrected chi connectivity index (χ4v) is 3.12. The van der Waals surface area contributed by atoms with E-state index in [0.29, 0.717) is 38.7 Å². The smallest absolute Gasteiger partial charge is 0.303 e. The molecule has 0 heterocycles. The summed E-state index contributed by atoms with van der Waals surface area (Å²) in [5, 5.41) is 5.28. The molecule has 0 bridgehead atoms. The van der Waals surface area contributed by atoms with E-state index >= 15 is 0 Å². The molecule has 0 spiro atoms. The first-order valence-corrected chi connectivity index (χ1v) is 10.7. The Bertz CT molecular complexity index is 536. The van der Waals surface area contributed by atoms with Crippen molar-refractivity contribution in [2.45, 2.75) is 32.9 Å². The molecule has 2 atom stereocenters. The van der Waals surface area contributed by atoms with E-state index in [1.807, 2.05) is 0 Å². The first-order chi connectivity index (χ1) is 14.3. The van der Waals surface area contributed by atoms with Crippen LogP contribution in [0, 0.1) is 0 Å². The van der Waals surface area contributed by atoms with Gasteiger partial charge in [0, 0.05) is 45.4 Å². The lowest BCUT2D eigenvalue weighted by Gasteiger charge is -2.20. The summed E-state index contributed by atoms with van der Waals surface area (Å²) in [4.78, 5) is 45.9. The lowest BCUT2D eigenvalue weighted by molar-refractivity contribution is -0.154. The second-order valence-electron chi connectivity index (χ2n) is 6.13. The molecule has 0 radical (unpaired) electrons. The SMILES string of the molecule is CC(=O)N[C@@H](CSCC(COC(C)=O)OC(C)=O)C(=O)NCCOCCOCCN. The van der Waals surface area contributed by atoms with Crippen LogP contribution in [0.15, 0.2) is 0 Å². The topological polar surface area (TPSA) is 155 Å². The molecule has 0 aliphatic carbocycles. The minimum Gasteiger partial charge on any atom is -0.462 e. The van der Waals surface area contributed by atoms with Gasteiger partial charge in [-0.2, -0.15) is 11.8 Å². The third kappa shape index (κ3) is 17.0. The van der Waals surface area contributed by atoms with Gasteiger partial charge in [-0.1, -0.05) is 0 Å². The van der Waals surface area contributed by atoms with Crippen LogP contribution in [0.25, 0.3) is 0 Å². The third-order valence-electron chi connectivity index (χ3n) is 3.27. The molecule has 174 valence electrons. The fourth-order valence-electron chi connectivity index (χ4n) is 2.08. The quantitative estimate of drug-likeness (QED) is 0.182. The summed E-state index contributed by atoms with van der Waals surface area (Å²) in [7, 11) is 0. The van der Waals surface area contributed by atoms with E-state index in [2.05, 4.69) is 10.6 Å². The minimum absolute atomic E-state index is 0.0781. The van der Waals surface area contributed by atoms with Crippen molar-refractivity contribution in [1.29, 1.82) is 0 Å². The van der Waals surface area contributed by atoms with Crippen molar-refractivity contribution < 1.29 is 38.1 Å². The van der Waals surface area contributed by atoms with Gasteiger partial charge in [0.15, 0.2) is 0 Å². The number of rotatable bonds is 17. The maximum atomic E-state index is 12.3. The van der Waals surface area contributed by atoms with E-state index in [9.17, 15) is 19.2 Å². The molecule has 0 fully saturated rings. The van der Waals surface area contributed by atoms with Crippen LogP contribution in [0.3, 0.4) is 0 Å². The van der Waals surface area contributed by atoms with Crippen LogP contribution in [0.4, 0.5) is 0 Å². The Hall–Kier alpha value is -1.89. The van der Waals surface area contributed by atoms with Gasteiger partial charge in [0.25, 0.3) is 0 Å². The fraction of sp³-hybridized carbons (Fsp3) is 0.778. The molecule has 1 unspecified atom stereocenters. The highest BCUT2D eigenvalue weighted by atomic mass is 32.2. The molecule has 2 amide bonds. The van der Waals surface area contributed by atoms with Gasteiger partial charge in [0.2, 0.25) is 11.8 Å². The summed E-state index contributed by atoms with van der Waals surface area (Å²) in [6.07, 6.45) is -0.646. The lowest BCUT2D eigenvalue weighted by Crippen LogP contribution is -2.48. The van der Waals surface area contributed by atoms with Crippen LogP contribution in [0.5, 0.6) is 0 Å². The average molecular weight is 452 g/mol. The van der Waals surface area contributed by atoms with E-state index in [0.717, 1.165) is 0 Å². The van der Waals surface area contributed by atoms with Gasteiger partial charge in [0.1, 0.15) is 18.8 Å². The van der Waals surface area contributed by atoms with Crippen molar-refractivity contribution in [2.75, 3.05) is 57.6 Å². The molecular weight excluding hydrogens is 418 g/mol. The molecule has 0 saturated heterocycles. The van der Waals surface area contributed by atoms with E-state index in [1.165, 1.54) is 32.5 Å². The second-order valence-corrected chi connectivity index (χ2v) is 7.20. The van der Waals surface area contributed by atoms with Crippen LogP contribution >= 0.6 is 11.8 Å². The number of nitrogens with two attached hydrogens (primary N) is 1. The maximum absolute atomic E-state index is 12.3. The van der Waals surface area contributed by atoms with Gasteiger partial charge in [-0.25, -0.2) is 0 Å². The molecule has 0 aromatic heterocycles. The van der Waals surface area contributed by atoms with Gasteiger partial charge in [-0.05, 0) is 0 Å². The second kappa shape index (κ2) is 17.9. The number of nitrogens with one attached hydrogen (secondary N) is 2. The first-order valence-electron chi connectivity index (χ1n) is 9.55. The average Bonchev–Trinajstić information content (AvgIpc) is 2.66. The Balaban J connectivity index is 4.33. The number of thioether (sulfide) groups is 1. The zero-order valence-electron chi connectivity index (χ0n) is 17.8. The van der Waals surface area contributed by atoms with Gasteiger partial charge in [-0.3, -0.25) is 19.2 Å². The largest absolute Gasteiger partial charge is 0.462 e. The number of ether oxygens (including phenoxy) is 4. The Labute approximate surface area is 181 Å². The Morgan fingerprint density at radius 3 is 2.17 bits per heavy atom. The van der Waals surface area contributed by atoms with E-state index in [4.69, 9.17) is 24.7 Å². The molecule has 0 aromatic rings. The van der Waals surface area contributed by atoms with Crippen LogP contribution in [-0.2, 0) is 38.1 Å². The molecule has 0 rings (SSSR count). The zero-order chi connectivity index (χ0) is 22.8. The molecule has 0 saturated carbocycles. The highest BCUT2D eigenvalue weighted by Gasteiger charge is 2.21. The maximum Gasteiger partial charge on any atom is 0.303 e. The molecule has 11 nitrogen and oxygen atoms in total. The number of amides is 2. The summed E-state index contributed by atoms with van der Waals surface area (Å²) in [5.41, 5.74) is 5.30. The van der Waals surface area contributed by atoms with Crippen LogP contribution in [0.1, 0.15) is 20.8 Å². The lowest BCUT2D eigenvalue weighted by atomic mass is 10.3. The van der Waals surface area contributed by atoms with Crippen molar-refractivity contribution in [1.82, 2.24) is 10.6 Å². The third-order valence-corrected chi connectivity index (χ3v) is 4.44. The van der Waals surface area contributed by atoms with Crippen molar-refractivity contribution >= 4 is 35.5 Å². The van der Waals surface area contributed by atoms with Crippen molar-refractivity contribution in [3.05, 3.63) is 0 Å².